The first-order valence-electron chi connectivity index (χ1n) is 33.0. The van der Waals surface area contributed by atoms with E-state index in [1.807, 2.05) is 67.5 Å². The number of nitrogens with two attached hydrogens (primary N) is 1. The number of pyridine rings is 5. The van der Waals surface area contributed by atoms with Gasteiger partial charge in [0.2, 0.25) is 17.7 Å². The van der Waals surface area contributed by atoms with Gasteiger partial charge in [-0.25, -0.2) is 18.2 Å². The molecule has 2 saturated heterocycles. The van der Waals surface area contributed by atoms with Crippen molar-refractivity contribution in [3.63, 3.8) is 0 Å². The molecular formula is C73H68B2BrF12N9O10. The van der Waals surface area contributed by atoms with Crippen LogP contribution in [0.5, 0.6) is 0 Å². The number of carboxylic acids is 1. The van der Waals surface area contributed by atoms with Gasteiger partial charge in [-0.1, -0.05) is 36.4 Å². The smallest absolute Gasteiger partial charge is 0.481 e. The van der Waals surface area contributed by atoms with Crippen LogP contribution in [-0.4, -0.2) is 96.1 Å². The number of halogens is 13. The molecule has 19 nitrogen and oxygen atoms in total. The number of Topliss-reactive ketones (excluding diaryl/α,β-unsaturated/α-hetero) is 1. The molecule has 3 aromatic carbocycles. The Morgan fingerprint density at radius 2 is 0.953 bits per heavy atom. The summed E-state index contributed by atoms with van der Waals surface area (Å²) in [7, 11) is -1.39. The Labute approximate surface area is 614 Å². The lowest BCUT2D eigenvalue weighted by Gasteiger charge is -2.32. The fourth-order valence-electron chi connectivity index (χ4n) is 11.6. The molecule has 34 heteroatoms. The summed E-state index contributed by atoms with van der Waals surface area (Å²) in [5, 5.41) is 16.1. The van der Waals surface area contributed by atoms with E-state index < -0.39 is 113 Å². The third kappa shape index (κ3) is 18.5. The van der Waals surface area contributed by atoms with Gasteiger partial charge in [-0.15, -0.1) is 0 Å². The number of carboxylic acid groups (broad SMARTS) is 1. The molecular weight excluding hydrogens is 1490 g/mol. The summed E-state index contributed by atoms with van der Waals surface area (Å²) in [6.45, 7) is 15.2. The molecule has 0 unspecified atom stereocenters. The number of nitrogens with zero attached hydrogens (tertiary/aromatic N) is 5. The number of aromatic nitrogens is 5. The summed E-state index contributed by atoms with van der Waals surface area (Å²) in [6, 6.07) is 19.3. The van der Waals surface area contributed by atoms with E-state index in [1.54, 1.807) is 30.6 Å². The van der Waals surface area contributed by atoms with E-state index in [2.05, 4.69) is 56.8 Å². The minimum Gasteiger partial charge on any atom is -0.481 e. The molecule has 4 fully saturated rings. The number of benzene rings is 3. The maximum atomic E-state index is 14.7. The molecule has 3 amide bonds. The number of carbonyl (C=O) groups excluding carboxylic acids is 4. The summed E-state index contributed by atoms with van der Waals surface area (Å²) in [5.41, 5.74) is 4.65. The van der Waals surface area contributed by atoms with Gasteiger partial charge in [0.15, 0.2) is 0 Å². The summed E-state index contributed by atoms with van der Waals surface area (Å²) < 4.78 is 180. The average Bonchev–Trinajstić information content (AvgIpc) is 1.56. The Kier molecular flexibility index (Phi) is 22.6. The maximum Gasteiger partial charge on any atom is 0.494 e. The van der Waals surface area contributed by atoms with Gasteiger partial charge in [-0.2, -0.15) is 39.5 Å². The van der Waals surface area contributed by atoms with Crippen molar-refractivity contribution >= 4 is 93.4 Å². The molecule has 0 radical (unpaired) electrons. The van der Waals surface area contributed by atoms with Gasteiger partial charge < -0.3 is 45.4 Å². The molecule has 3 aliphatic carbocycles. The van der Waals surface area contributed by atoms with Crippen LogP contribution in [0, 0.1) is 17.5 Å². The largest absolute Gasteiger partial charge is 0.494 e. The molecule has 3 aliphatic heterocycles. The number of carbonyl (C=O) groups is 5. The van der Waals surface area contributed by atoms with Gasteiger partial charge in [0.05, 0.1) is 104 Å². The van der Waals surface area contributed by atoms with Crippen molar-refractivity contribution in [1.82, 2.24) is 24.9 Å². The van der Waals surface area contributed by atoms with Crippen LogP contribution in [0.15, 0.2) is 139 Å². The Balaban J connectivity index is 0.000000151. The van der Waals surface area contributed by atoms with Crippen molar-refractivity contribution in [2.45, 2.75) is 159 Å². The molecule has 8 heterocycles. The second-order valence-corrected chi connectivity index (χ2v) is 29.0. The molecule has 562 valence electrons. The Morgan fingerprint density at radius 3 is 1.36 bits per heavy atom. The first-order valence-corrected chi connectivity index (χ1v) is 33.8. The van der Waals surface area contributed by atoms with Gasteiger partial charge >= 0.3 is 38.7 Å². The van der Waals surface area contributed by atoms with Crippen molar-refractivity contribution < 1.29 is 100 Å². The molecule has 8 aromatic rings. The summed E-state index contributed by atoms with van der Waals surface area (Å²) in [5.74, 6) is -3.17. The van der Waals surface area contributed by atoms with Crippen LogP contribution in [0.2, 0.25) is 0 Å². The van der Waals surface area contributed by atoms with E-state index >= 15 is 0 Å². The Bertz CT molecular complexity index is 4740. The quantitative estimate of drug-likeness (QED) is 0.0595. The highest BCUT2D eigenvalue weighted by Crippen LogP contribution is 2.56. The van der Waals surface area contributed by atoms with Crippen LogP contribution in [-0.2, 0) is 97.6 Å². The predicted molar refractivity (Wildman–Crippen MR) is 373 cm³/mol. The summed E-state index contributed by atoms with van der Waals surface area (Å²) in [6.07, 6.45) is -2.00. The van der Waals surface area contributed by atoms with E-state index in [-0.39, 0.29) is 70.1 Å². The summed E-state index contributed by atoms with van der Waals surface area (Å²) in [4.78, 5) is 77.7. The SMILES string of the molecule is CC1(C)OB(c2ccc(CC(=O)Nc3cncc(C(F)(F)F)c3)c(F)c2)OC1(C)C.CC1(C)OB(c2ccc(CC(=O)O)c(F)c2)OC1(C)C.Nc1cncc(C(F)(F)F)c1.O=C(Cc1ccc(-c2cnc3c(c2)C2(CC2)C(=O)C3)cc1F)Nc1cncc(C(F)(F)F)c1.O=C1Nc2ncc(Br)cc2C12CC2. The monoisotopic (exact) mass is 1560 g/mol. The number of rotatable bonds is 11. The van der Waals surface area contributed by atoms with Crippen molar-refractivity contribution in [3.05, 3.63) is 207 Å². The topological polar surface area (TPSA) is 269 Å². The lowest BCUT2D eigenvalue weighted by atomic mass is 9.78. The van der Waals surface area contributed by atoms with E-state index in [0.717, 1.165) is 95.8 Å². The standard InChI is InChI=1S/C24H17F4N3O2.C20H21BF4N2O3.C14H18BFO4.C9H7BrN2O.C6H5F3N2/c25-19-6-13(15-5-18-20(30-10-15)9-21(32)23(18)3-4-23)1-2-14(19)7-22(33)31-17-8-16(11-29-12-17)24(26,27)28;1-18(2)19(3,4)30-21(29-18)14-6-5-12(16(22)9-14)7-17(28)27-15-8-13(10-26-11-15)20(23,24)25;1-13(2)14(3,4)20-15(19-13)10-6-5-9(7-12(17)18)11(16)8-10;10-5-3-6-7(11-4-5)12-8(13)9(6)1-2-9;7-6(8,9)4-1-5(10)3-11-2-4/h1-2,5-6,8,10-12H,3-4,7,9H2,(H,31,33);5-6,8-11H,7H2,1-4H3,(H,27,28);5-6,8H,7H2,1-4H3,(H,17,18);3-4H,1-2H2,(H,11,12,13);1-3H,10H2. The predicted octanol–water partition coefficient (Wildman–Crippen LogP) is 13.6. The first-order chi connectivity index (χ1) is 49.8. The molecule has 6 N–H and O–H groups in total. The molecule has 5 aromatic heterocycles. The zero-order valence-corrected chi connectivity index (χ0v) is 59.9. The first kappa shape index (κ1) is 79.9. The minimum atomic E-state index is -4.59. The van der Waals surface area contributed by atoms with Gasteiger partial charge in [0.25, 0.3) is 0 Å². The van der Waals surface area contributed by atoms with Crippen molar-refractivity contribution in [2.24, 2.45) is 0 Å². The molecule has 6 aliphatic rings. The van der Waals surface area contributed by atoms with E-state index in [4.69, 9.17) is 29.5 Å². The van der Waals surface area contributed by atoms with Crippen molar-refractivity contribution in [3.8, 4) is 11.1 Å². The van der Waals surface area contributed by atoms with Crippen LogP contribution in [0.3, 0.4) is 0 Å². The fraction of sp³-hybridized carbons (Fsp3) is 0.342. The number of fused-ring (bicyclic) bond motifs is 4. The van der Waals surface area contributed by atoms with Crippen LogP contribution in [0.1, 0.15) is 131 Å². The molecule has 107 heavy (non-hydrogen) atoms. The number of hydrogen-bond donors (Lipinski definition) is 5. The van der Waals surface area contributed by atoms with Crippen molar-refractivity contribution in [1.29, 1.82) is 0 Å². The molecule has 14 rings (SSSR count). The Hall–Kier alpha value is -9.63. The van der Waals surface area contributed by atoms with Gasteiger partial charge in [0, 0.05) is 59.2 Å². The lowest BCUT2D eigenvalue weighted by Crippen LogP contribution is -2.41. The molecule has 0 atom stereocenters. The maximum absolute atomic E-state index is 14.7. The third-order valence-corrected chi connectivity index (χ3v) is 19.7. The van der Waals surface area contributed by atoms with Gasteiger partial charge in [-0.05, 0) is 184 Å². The highest BCUT2D eigenvalue weighted by Gasteiger charge is 2.58. The van der Waals surface area contributed by atoms with Crippen LogP contribution in [0.4, 0.5) is 75.6 Å². The molecule has 0 bridgehead atoms. The van der Waals surface area contributed by atoms with Crippen LogP contribution in [0.25, 0.3) is 11.1 Å². The van der Waals surface area contributed by atoms with Crippen LogP contribution >= 0.6 is 15.9 Å². The highest BCUT2D eigenvalue weighted by molar-refractivity contribution is 9.10. The molecule has 2 spiro atoms. The number of hydrogen-bond acceptors (Lipinski definition) is 15. The Morgan fingerprint density at radius 1 is 0.523 bits per heavy atom. The van der Waals surface area contributed by atoms with E-state index in [1.165, 1.54) is 36.4 Å². The number of anilines is 4. The number of nitrogen functional groups attached to an aromatic ring is 1. The van der Waals surface area contributed by atoms with Crippen molar-refractivity contribution in [2.75, 3.05) is 21.7 Å². The zero-order valence-electron chi connectivity index (χ0n) is 58.4. The van der Waals surface area contributed by atoms with Gasteiger partial charge in [0.1, 0.15) is 29.1 Å². The zero-order chi connectivity index (χ0) is 78.4. The minimum absolute atomic E-state index is 0.0137. The number of alkyl halides is 9. The number of amides is 3. The highest BCUT2D eigenvalue weighted by atomic mass is 79.9. The average molecular weight is 1560 g/mol. The fourth-order valence-corrected chi connectivity index (χ4v) is 12.0. The van der Waals surface area contributed by atoms with E-state index in [9.17, 15) is 76.7 Å². The van der Waals surface area contributed by atoms with Crippen LogP contribution < -0.4 is 32.6 Å². The third-order valence-electron chi connectivity index (χ3n) is 19.3. The number of ketones is 1. The number of aliphatic carboxylic acids is 1. The lowest BCUT2D eigenvalue weighted by molar-refractivity contribution is -0.138. The second-order valence-electron chi connectivity index (χ2n) is 28.1. The summed E-state index contributed by atoms with van der Waals surface area (Å²) >= 11 is 3.36. The molecule has 2 saturated carbocycles. The van der Waals surface area contributed by atoms with E-state index in [0.29, 0.717) is 40.9 Å². The van der Waals surface area contributed by atoms with Gasteiger partial charge in [-0.3, -0.25) is 43.9 Å². The normalized spacial score (nSPS) is 17.5. The number of nitrogens with one attached hydrogen (secondary N) is 3. The second kappa shape index (κ2) is 30.2.